The minimum atomic E-state index is -0.118. The Bertz CT molecular complexity index is 625. The van der Waals surface area contributed by atoms with Crippen LogP contribution in [0.25, 0.3) is 0 Å². The summed E-state index contributed by atoms with van der Waals surface area (Å²) < 4.78 is 0. The molecule has 4 N–H and O–H groups in total. The fraction of sp³-hybridized carbons (Fsp3) is 0.200. The van der Waals surface area contributed by atoms with Gasteiger partial charge in [0, 0.05) is 6.54 Å². The van der Waals surface area contributed by atoms with Crippen LogP contribution in [0, 0.1) is 0 Å². The van der Waals surface area contributed by atoms with Crippen LogP contribution in [-0.2, 0) is 6.42 Å². The van der Waals surface area contributed by atoms with Crippen LogP contribution in [0.15, 0.2) is 36.4 Å². The van der Waals surface area contributed by atoms with Crippen LogP contribution in [-0.4, -0.2) is 21.9 Å². The Kier molecular flexibility index (Phi) is 2.80. The maximum Gasteiger partial charge on any atom is 0.157 e. The van der Waals surface area contributed by atoms with E-state index in [0.29, 0.717) is 0 Å². The molecule has 0 spiro atoms. The highest BCUT2D eigenvalue weighted by Crippen LogP contribution is 2.36. The summed E-state index contributed by atoms with van der Waals surface area (Å²) in [7, 11) is 0. The molecule has 98 valence electrons. The third-order valence-corrected chi connectivity index (χ3v) is 3.49. The molecule has 0 bridgehead atoms. The first-order chi connectivity index (χ1) is 9.15. The van der Waals surface area contributed by atoms with E-state index < -0.39 is 0 Å². The van der Waals surface area contributed by atoms with E-state index in [4.69, 9.17) is 0 Å². The summed E-state index contributed by atoms with van der Waals surface area (Å²) in [5, 5.41) is 32.2. The van der Waals surface area contributed by atoms with Crippen LogP contribution in [0.5, 0.6) is 17.2 Å². The summed E-state index contributed by atoms with van der Waals surface area (Å²) in [6.45, 7) is 0.789. The van der Waals surface area contributed by atoms with E-state index in [1.807, 2.05) is 6.07 Å². The molecule has 0 aromatic heterocycles. The molecule has 0 amide bonds. The average Bonchev–Trinajstić information content (AvgIpc) is 2.39. The Balaban J connectivity index is 2.10. The van der Waals surface area contributed by atoms with E-state index in [0.717, 1.165) is 29.7 Å². The number of hydrogen-bond acceptors (Lipinski definition) is 4. The molecular weight excluding hydrogens is 242 g/mol. The SMILES string of the molecule is Oc1cccc(C2NCCc3cc(O)c(O)cc32)c1. The minimum Gasteiger partial charge on any atom is -0.508 e. The Morgan fingerprint density at radius 3 is 2.58 bits per heavy atom. The Morgan fingerprint density at radius 1 is 1.00 bits per heavy atom. The van der Waals surface area contributed by atoms with Gasteiger partial charge in [0.05, 0.1) is 6.04 Å². The molecule has 0 saturated carbocycles. The number of fused-ring (bicyclic) bond motifs is 1. The Labute approximate surface area is 111 Å². The molecule has 1 heterocycles. The molecule has 1 aliphatic heterocycles. The second-order valence-electron chi connectivity index (χ2n) is 4.77. The quantitative estimate of drug-likeness (QED) is 0.590. The smallest absolute Gasteiger partial charge is 0.157 e. The summed E-state index contributed by atoms with van der Waals surface area (Å²) in [6, 6.07) is 10.2. The van der Waals surface area contributed by atoms with Crippen LogP contribution in [0.1, 0.15) is 22.7 Å². The van der Waals surface area contributed by atoms with Gasteiger partial charge in [0.15, 0.2) is 11.5 Å². The van der Waals surface area contributed by atoms with Crippen molar-refractivity contribution in [1.82, 2.24) is 5.32 Å². The van der Waals surface area contributed by atoms with Gasteiger partial charge in [-0.3, -0.25) is 0 Å². The predicted octanol–water partition coefficient (Wildman–Crippen LogP) is 2.04. The second-order valence-corrected chi connectivity index (χ2v) is 4.77. The van der Waals surface area contributed by atoms with Crippen molar-refractivity contribution < 1.29 is 15.3 Å². The summed E-state index contributed by atoms with van der Waals surface area (Å²) >= 11 is 0. The van der Waals surface area contributed by atoms with E-state index >= 15 is 0 Å². The first-order valence-corrected chi connectivity index (χ1v) is 6.22. The first kappa shape index (κ1) is 11.9. The fourth-order valence-corrected chi connectivity index (χ4v) is 2.58. The van der Waals surface area contributed by atoms with Gasteiger partial charge < -0.3 is 20.6 Å². The Hall–Kier alpha value is -2.20. The van der Waals surface area contributed by atoms with Crippen molar-refractivity contribution in [1.29, 1.82) is 0 Å². The summed E-state index contributed by atoms with van der Waals surface area (Å²) in [5.74, 6) is 0.0114. The van der Waals surface area contributed by atoms with Crippen LogP contribution < -0.4 is 5.32 Å². The van der Waals surface area contributed by atoms with E-state index in [1.165, 1.54) is 0 Å². The molecule has 0 radical (unpaired) electrons. The molecule has 2 aromatic rings. The molecule has 0 fully saturated rings. The maximum absolute atomic E-state index is 9.67. The standard InChI is InChI=1S/C15H15NO3/c17-11-3-1-2-10(6-11)15-12-8-14(19)13(18)7-9(12)4-5-16-15/h1-3,6-8,15-19H,4-5H2. The monoisotopic (exact) mass is 257 g/mol. The highest BCUT2D eigenvalue weighted by molar-refractivity contribution is 5.50. The van der Waals surface area contributed by atoms with Crippen molar-refractivity contribution >= 4 is 0 Å². The second kappa shape index (κ2) is 4.48. The van der Waals surface area contributed by atoms with E-state index in [2.05, 4.69) is 5.32 Å². The zero-order valence-corrected chi connectivity index (χ0v) is 10.3. The van der Waals surface area contributed by atoms with Crippen molar-refractivity contribution in [3.63, 3.8) is 0 Å². The number of nitrogens with one attached hydrogen (secondary N) is 1. The van der Waals surface area contributed by atoms with Gasteiger partial charge in [0.1, 0.15) is 5.75 Å². The number of benzene rings is 2. The molecule has 19 heavy (non-hydrogen) atoms. The van der Waals surface area contributed by atoms with Crippen LogP contribution >= 0.6 is 0 Å². The summed E-state index contributed by atoms with van der Waals surface area (Å²) in [6.07, 6.45) is 0.804. The molecule has 1 atom stereocenters. The normalized spacial score (nSPS) is 18.0. The lowest BCUT2D eigenvalue weighted by Gasteiger charge is -2.27. The molecule has 0 saturated heterocycles. The van der Waals surface area contributed by atoms with Gasteiger partial charge in [-0.1, -0.05) is 12.1 Å². The molecule has 1 unspecified atom stereocenters. The van der Waals surface area contributed by atoms with Gasteiger partial charge in [0.2, 0.25) is 0 Å². The number of phenolic OH excluding ortho intramolecular Hbond substituents is 3. The average molecular weight is 257 g/mol. The molecule has 3 rings (SSSR count). The largest absolute Gasteiger partial charge is 0.508 e. The van der Waals surface area contributed by atoms with E-state index in [1.54, 1.807) is 30.3 Å². The van der Waals surface area contributed by atoms with Gasteiger partial charge in [-0.25, -0.2) is 0 Å². The van der Waals surface area contributed by atoms with Crippen molar-refractivity contribution in [2.24, 2.45) is 0 Å². The number of phenols is 3. The van der Waals surface area contributed by atoms with Crippen LogP contribution in [0.2, 0.25) is 0 Å². The lowest BCUT2D eigenvalue weighted by molar-refractivity contribution is 0.400. The highest BCUT2D eigenvalue weighted by atomic mass is 16.3. The van der Waals surface area contributed by atoms with Crippen molar-refractivity contribution in [3.8, 4) is 17.2 Å². The van der Waals surface area contributed by atoms with E-state index in [9.17, 15) is 15.3 Å². The van der Waals surface area contributed by atoms with Gasteiger partial charge in [-0.15, -0.1) is 0 Å². The highest BCUT2D eigenvalue weighted by Gasteiger charge is 2.23. The first-order valence-electron chi connectivity index (χ1n) is 6.22. The topological polar surface area (TPSA) is 72.7 Å². The molecule has 0 aliphatic carbocycles. The van der Waals surface area contributed by atoms with Gasteiger partial charge in [-0.2, -0.15) is 0 Å². The van der Waals surface area contributed by atoms with Gasteiger partial charge >= 0.3 is 0 Å². The van der Waals surface area contributed by atoms with Crippen molar-refractivity contribution in [2.45, 2.75) is 12.5 Å². The molecule has 1 aliphatic rings. The van der Waals surface area contributed by atoms with Crippen molar-refractivity contribution in [2.75, 3.05) is 6.54 Å². The van der Waals surface area contributed by atoms with Crippen LogP contribution in [0.3, 0.4) is 0 Å². The zero-order valence-electron chi connectivity index (χ0n) is 10.3. The summed E-state index contributed by atoms with van der Waals surface area (Å²) in [5.41, 5.74) is 2.89. The van der Waals surface area contributed by atoms with Gasteiger partial charge in [0.25, 0.3) is 0 Å². The zero-order chi connectivity index (χ0) is 13.4. The fourth-order valence-electron chi connectivity index (χ4n) is 2.58. The minimum absolute atomic E-state index is 0.0812. The molecule has 2 aromatic carbocycles. The predicted molar refractivity (Wildman–Crippen MR) is 71.4 cm³/mol. The third kappa shape index (κ3) is 2.11. The van der Waals surface area contributed by atoms with Crippen LogP contribution in [0.4, 0.5) is 0 Å². The van der Waals surface area contributed by atoms with Gasteiger partial charge in [-0.05, 0) is 47.4 Å². The van der Waals surface area contributed by atoms with E-state index in [-0.39, 0.29) is 23.3 Å². The summed E-state index contributed by atoms with van der Waals surface area (Å²) in [4.78, 5) is 0. The number of hydrogen-bond donors (Lipinski definition) is 4. The lowest BCUT2D eigenvalue weighted by atomic mass is 9.89. The van der Waals surface area contributed by atoms with Crippen molar-refractivity contribution in [3.05, 3.63) is 53.1 Å². The number of rotatable bonds is 1. The number of aromatic hydroxyl groups is 3. The maximum atomic E-state index is 9.67. The molecule has 4 heteroatoms. The molecule has 4 nitrogen and oxygen atoms in total. The Morgan fingerprint density at radius 2 is 1.79 bits per heavy atom. The third-order valence-electron chi connectivity index (χ3n) is 3.49. The lowest BCUT2D eigenvalue weighted by Crippen LogP contribution is -2.30. The molecular formula is C15H15NO3.